The number of ether oxygens (including phenoxy) is 2. The number of carbonyl (C=O) groups is 1. The summed E-state index contributed by atoms with van der Waals surface area (Å²) in [5, 5.41) is 2.90. The van der Waals surface area contributed by atoms with E-state index in [0.717, 1.165) is 17.0 Å². The van der Waals surface area contributed by atoms with E-state index in [1.807, 2.05) is 61.5 Å². The number of morpholine rings is 1. The van der Waals surface area contributed by atoms with Crippen molar-refractivity contribution in [2.24, 2.45) is 0 Å². The standard InChI is InChI=1S/C19H22N2O3/c1-15-6-5-9-17(12-15)24-14-18-13-21(10-11-23-18)19(22)20-16-7-3-2-4-8-16/h2-9,12,18H,10-11,13-14H2,1H3,(H,20,22)/t18-/m1/s1. The smallest absolute Gasteiger partial charge is 0.322 e. The molecule has 1 saturated heterocycles. The van der Waals surface area contributed by atoms with Gasteiger partial charge in [0.05, 0.1) is 13.2 Å². The first-order valence-corrected chi connectivity index (χ1v) is 8.13. The summed E-state index contributed by atoms with van der Waals surface area (Å²) in [6, 6.07) is 17.3. The Bertz CT molecular complexity index is 675. The number of hydrogen-bond acceptors (Lipinski definition) is 3. The van der Waals surface area contributed by atoms with Crippen molar-refractivity contribution in [1.82, 2.24) is 4.90 Å². The molecule has 0 aromatic heterocycles. The summed E-state index contributed by atoms with van der Waals surface area (Å²) in [5.74, 6) is 0.824. The topological polar surface area (TPSA) is 50.8 Å². The van der Waals surface area contributed by atoms with Gasteiger partial charge in [-0.1, -0.05) is 30.3 Å². The Labute approximate surface area is 142 Å². The van der Waals surface area contributed by atoms with Gasteiger partial charge in [0.15, 0.2) is 0 Å². The van der Waals surface area contributed by atoms with Crippen molar-refractivity contribution in [3.05, 3.63) is 60.2 Å². The maximum Gasteiger partial charge on any atom is 0.322 e. The van der Waals surface area contributed by atoms with Crippen LogP contribution < -0.4 is 10.1 Å². The largest absolute Gasteiger partial charge is 0.491 e. The average Bonchev–Trinajstić information content (AvgIpc) is 2.61. The number of nitrogens with one attached hydrogen (secondary N) is 1. The molecular weight excluding hydrogens is 304 g/mol. The molecule has 24 heavy (non-hydrogen) atoms. The van der Waals surface area contributed by atoms with E-state index >= 15 is 0 Å². The first kappa shape index (κ1) is 16.3. The number of aryl methyl sites for hydroxylation is 1. The number of nitrogens with zero attached hydrogens (tertiary/aromatic N) is 1. The summed E-state index contributed by atoms with van der Waals surface area (Å²) >= 11 is 0. The van der Waals surface area contributed by atoms with Gasteiger partial charge in [0, 0.05) is 12.2 Å². The minimum absolute atomic E-state index is 0.106. The number of para-hydroxylation sites is 1. The molecule has 1 N–H and O–H groups in total. The predicted octanol–water partition coefficient (Wildman–Crippen LogP) is 3.31. The monoisotopic (exact) mass is 326 g/mol. The molecule has 2 amide bonds. The van der Waals surface area contributed by atoms with Crippen LogP contribution in [0.4, 0.5) is 10.5 Å². The van der Waals surface area contributed by atoms with E-state index in [0.29, 0.717) is 26.3 Å². The molecule has 1 fully saturated rings. The van der Waals surface area contributed by atoms with Crippen molar-refractivity contribution in [3.8, 4) is 5.75 Å². The second-order valence-corrected chi connectivity index (χ2v) is 5.86. The van der Waals surface area contributed by atoms with Crippen LogP contribution in [-0.2, 0) is 4.74 Å². The van der Waals surface area contributed by atoms with Gasteiger partial charge in [0.1, 0.15) is 18.5 Å². The summed E-state index contributed by atoms with van der Waals surface area (Å²) in [7, 11) is 0. The van der Waals surface area contributed by atoms with E-state index in [1.54, 1.807) is 4.90 Å². The van der Waals surface area contributed by atoms with Crippen molar-refractivity contribution in [2.75, 3.05) is 31.6 Å². The molecular formula is C19H22N2O3. The quantitative estimate of drug-likeness (QED) is 0.938. The number of carbonyl (C=O) groups excluding carboxylic acids is 1. The zero-order valence-electron chi connectivity index (χ0n) is 13.8. The van der Waals surface area contributed by atoms with E-state index in [-0.39, 0.29) is 12.1 Å². The second kappa shape index (κ2) is 7.84. The predicted molar refractivity (Wildman–Crippen MR) is 93.4 cm³/mol. The fourth-order valence-corrected chi connectivity index (χ4v) is 2.62. The summed E-state index contributed by atoms with van der Waals surface area (Å²) < 4.78 is 11.5. The molecule has 1 aliphatic heterocycles. The molecule has 126 valence electrons. The van der Waals surface area contributed by atoms with Crippen LogP contribution in [0.15, 0.2) is 54.6 Å². The van der Waals surface area contributed by atoms with Crippen LogP contribution in [0, 0.1) is 6.92 Å². The Hall–Kier alpha value is -2.53. The van der Waals surface area contributed by atoms with Gasteiger partial charge in [-0.3, -0.25) is 0 Å². The van der Waals surface area contributed by atoms with E-state index in [9.17, 15) is 4.79 Å². The highest BCUT2D eigenvalue weighted by Gasteiger charge is 2.24. The van der Waals surface area contributed by atoms with Crippen molar-refractivity contribution < 1.29 is 14.3 Å². The van der Waals surface area contributed by atoms with E-state index < -0.39 is 0 Å². The van der Waals surface area contributed by atoms with E-state index in [1.165, 1.54) is 0 Å². The Morgan fingerprint density at radius 2 is 2.08 bits per heavy atom. The Kier molecular flexibility index (Phi) is 5.33. The molecule has 0 unspecified atom stereocenters. The van der Waals surface area contributed by atoms with Crippen LogP contribution in [0.2, 0.25) is 0 Å². The van der Waals surface area contributed by atoms with Crippen LogP contribution in [0.5, 0.6) is 5.75 Å². The van der Waals surface area contributed by atoms with Gasteiger partial charge < -0.3 is 19.7 Å². The summed E-state index contributed by atoms with van der Waals surface area (Å²) in [6.07, 6.45) is -0.124. The lowest BCUT2D eigenvalue weighted by Crippen LogP contribution is -2.49. The van der Waals surface area contributed by atoms with Gasteiger partial charge in [-0.15, -0.1) is 0 Å². The number of amides is 2. The third kappa shape index (κ3) is 4.49. The average molecular weight is 326 g/mol. The highest BCUT2D eigenvalue weighted by Crippen LogP contribution is 2.15. The molecule has 1 atom stereocenters. The van der Waals surface area contributed by atoms with E-state index in [2.05, 4.69) is 5.32 Å². The van der Waals surface area contributed by atoms with Crippen molar-refractivity contribution >= 4 is 11.7 Å². The van der Waals surface area contributed by atoms with Gasteiger partial charge in [0.2, 0.25) is 0 Å². The zero-order valence-corrected chi connectivity index (χ0v) is 13.8. The Morgan fingerprint density at radius 1 is 1.25 bits per heavy atom. The van der Waals surface area contributed by atoms with Crippen LogP contribution in [0.25, 0.3) is 0 Å². The maximum atomic E-state index is 12.4. The molecule has 1 heterocycles. The highest BCUT2D eigenvalue weighted by atomic mass is 16.5. The first-order chi connectivity index (χ1) is 11.7. The minimum atomic E-state index is -0.124. The van der Waals surface area contributed by atoms with Gasteiger partial charge >= 0.3 is 6.03 Å². The molecule has 0 aliphatic carbocycles. The van der Waals surface area contributed by atoms with Crippen LogP contribution in [-0.4, -0.2) is 43.3 Å². The normalized spacial score (nSPS) is 17.4. The molecule has 3 rings (SSSR count). The number of rotatable bonds is 4. The minimum Gasteiger partial charge on any atom is -0.491 e. The maximum absolute atomic E-state index is 12.4. The van der Waals surface area contributed by atoms with Crippen LogP contribution in [0.3, 0.4) is 0 Å². The number of hydrogen-bond donors (Lipinski definition) is 1. The Balaban J connectivity index is 1.51. The van der Waals surface area contributed by atoms with Crippen LogP contribution in [0.1, 0.15) is 5.56 Å². The summed E-state index contributed by atoms with van der Waals surface area (Å²) in [6.45, 7) is 4.08. The second-order valence-electron chi connectivity index (χ2n) is 5.86. The SMILES string of the molecule is Cc1cccc(OC[C@H]2CN(C(=O)Nc3ccccc3)CCO2)c1. The van der Waals surface area contributed by atoms with Crippen molar-refractivity contribution in [3.63, 3.8) is 0 Å². The number of anilines is 1. The molecule has 5 nitrogen and oxygen atoms in total. The van der Waals surface area contributed by atoms with Gasteiger partial charge in [-0.25, -0.2) is 4.79 Å². The lowest BCUT2D eigenvalue weighted by Gasteiger charge is -2.32. The summed E-state index contributed by atoms with van der Waals surface area (Å²) in [4.78, 5) is 14.1. The van der Waals surface area contributed by atoms with Crippen molar-refractivity contribution in [2.45, 2.75) is 13.0 Å². The van der Waals surface area contributed by atoms with Crippen molar-refractivity contribution in [1.29, 1.82) is 0 Å². The molecule has 2 aromatic carbocycles. The molecule has 0 bridgehead atoms. The summed E-state index contributed by atoms with van der Waals surface area (Å²) in [5.41, 5.74) is 1.95. The molecule has 0 saturated carbocycles. The van der Waals surface area contributed by atoms with E-state index in [4.69, 9.17) is 9.47 Å². The van der Waals surface area contributed by atoms with Crippen LogP contribution >= 0.6 is 0 Å². The molecule has 2 aromatic rings. The molecule has 5 heteroatoms. The number of benzene rings is 2. The molecule has 1 aliphatic rings. The number of urea groups is 1. The van der Waals surface area contributed by atoms with Gasteiger partial charge in [0.25, 0.3) is 0 Å². The lowest BCUT2D eigenvalue weighted by atomic mass is 10.2. The first-order valence-electron chi connectivity index (χ1n) is 8.13. The third-order valence-electron chi connectivity index (χ3n) is 3.88. The molecule has 0 spiro atoms. The lowest BCUT2D eigenvalue weighted by molar-refractivity contribution is -0.0337. The highest BCUT2D eigenvalue weighted by molar-refractivity contribution is 5.89. The van der Waals surface area contributed by atoms with Gasteiger partial charge in [-0.05, 0) is 36.8 Å². The molecule has 0 radical (unpaired) electrons. The zero-order chi connectivity index (χ0) is 16.8. The van der Waals surface area contributed by atoms with Gasteiger partial charge in [-0.2, -0.15) is 0 Å². The Morgan fingerprint density at radius 3 is 2.88 bits per heavy atom. The third-order valence-corrected chi connectivity index (χ3v) is 3.88. The fraction of sp³-hybridized carbons (Fsp3) is 0.316. The fourth-order valence-electron chi connectivity index (χ4n) is 2.62.